The molecule has 0 aliphatic carbocycles. The molecule has 0 unspecified atom stereocenters. The first kappa shape index (κ1) is 17.1. The predicted octanol–water partition coefficient (Wildman–Crippen LogP) is 4.47. The lowest BCUT2D eigenvalue weighted by Crippen LogP contribution is -2.07. The van der Waals surface area contributed by atoms with Gasteiger partial charge in [0.2, 0.25) is 5.95 Å². The number of benzene rings is 1. The van der Waals surface area contributed by atoms with Gasteiger partial charge in [0, 0.05) is 18.4 Å². The van der Waals surface area contributed by atoms with Crippen LogP contribution in [0.2, 0.25) is 0 Å². The number of aromatic nitrogens is 2. The molecule has 23 heavy (non-hydrogen) atoms. The van der Waals surface area contributed by atoms with Crippen molar-refractivity contribution in [2.24, 2.45) is 5.92 Å². The van der Waals surface area contributed by atoms with E-state index in [1.807, 2.05) is 44.2 Å². The summed E-state index contributed by atoms with van der Waals surface area (Å²) in [6.45, 7) is 9.35. The van der Waals surface area contributed by atoms with E-state index in [1.165, 1.54) is 0 Å². The van der Waals surface area contributed by atoms with Crippen LogP contribution in [0, 0.1) is 5.92 Å². The molecule has 5 heteroatoms. The zero-order valence-corrected chi connectivity index (χ0v) is 14.3. The van der Waals surface area contributed by atoms with Gasteiger partial charge in [-0.1, -0.05) is 13.8 Å². The fraction of sp³-hybridized carbons (Fsp3) is 0.444. The molecule has 2 N–H and O–H groups in total. The van der Waals surface area contributed by atoms with Crippen LogP contribution in [0.5, 0.6) is 5.75 Å². The molecule has 5 nitrogen and oxygen atoms in total. The molecular formula is C18H26N4O. The number of hydrogen-bond acceptors (Lipinski definition) is 5. The van der Waals surface area contributed by atoms with Crippen molar-refractivity contribution in [3.63, 3.8) is 0 Å². The van der Waals surface area contributed by atoms with Gasteiger partial charge in [0.25, 0.3) is 0 Å². The van der Waals surface area contributed by atoms with E-state index in [2.05, 4.69) is 34.4 Å². The molecule has 0 bridgehead atoms. The van der Waals surface area contributed by atoms with E-state index < -0.39 is 0 Å². The summed E-state index contributed by atoms with van der Waals surface area (Å²) in [7, 11) is 0. The minimum atomic E-state index is 0.172. The van der Waals surface area contributed by atoms with E-state index in [9.17, 15) is 0 Å². The maximum absolute atomic E-state index is 5.63. The summed E-state index contributed by atoms with van der Waals surface area (Å²) in [5.74, 6) is 2.95. The minimum absolute atomic E-state index is 0.172. The SMILES string of the molecule is CC(C)CCNc1ccnc(Nc2ccc(OC(C)C)cc2)n1. The highest BCUT2D eigenvalue weighted by molar-refractivity contribution is 5.55. The van der Waals surface area contributed by atoms with Gasteiger partial charge in [0.15, 0.2) is 0 Å². The Hall–Kier alpha value is -2.30. The average Bonchev–Trinajstić information content (AvgIpc) is 2.49. The Morgan fingerprint density at radius 2 is 1.78 bits per heavy atom. The van der Waals surface area contributed by atoms with Crippen molar-refractivity contribution in [1.29, 1.82) is 0 Å². The molecule has 2 rings (SSSR count). The van der Waals surface area contributed by atoms with E-state index in [0.29, 0.717) is 11.9 Å². The molecule has 1 heterocycles. The molecule has 0 saturated carbocycles. The van der Waals surface area contributed by atoms with Crippen LogP contribution in [0.15, 0.2) is 36.5 Å². The molecule has 0 aliphatic heterocycles. The summed E-state index contributed by atoms with van der Waals surface area (Å²) in [4.78, 5) is 8.73. The standard InChI is InChI=1S/C18H26N4O/c1-13(2)9-11-19-17-10-12-20-18(22-17)21-15-5-7-16(8-6-15)23-14(3)4/h5-8,10,12-14H,9,11H2,1-4H3,(H2,19,20,21,22). The van der Waals surface area contributed by atoms with Gasteiger partial charge in [0.1, 0.15) is 11.6 Å². The van der Waals surface area contributed by atoms with Crippen LogP contribution in [0.1, 0.15) is 34.1 Å². The smallest absolute Gasteiger partial charge is 0.229 e. The number of nitrogens with zero attached hydrogens (tertiary/aromatic N) is 2. The Morgan fingerprint density at radius 3 is 2.43 bits per heavy atom. The lowest BCUT2D eigenvalue weighted by atomic mass is 10.1. The third kappa shape index (κ3) is 6.14. The Balaban J connectivity index is 1.94. The molecule has 0 amide bonds. The van der Waals surface area contributed by atoms with Gasteiger partial charge in [0.05, 0.1) is 6.10 Å². The molecule has 2 aromatic rings. The van der Waals surface area contributed by atoms with Crippen molar-refractivity contribution in [3.8, 4) is 5.75 Å². The second kappa shape index (κ2) is 8.36. The molecule has 0 atom stereocenters. The van der Waals surface area contributed by atoms with Crippen molar-refractivity contribution in [1.82, 2.24) is 9.97 Å². The normalized spacial score (nSPS) is 10.9. The van der Waals surface area contributed by atoms with E-state index >= 15 is 0 Å². The largest absolute Gasteiger partial charge is 0.491 e. The van der Waals surface area contributed by atoms with Crippen molar-refractivity contribution in [2.75, 3.05) is 17.2 Å². The van der Waals surface area contributed by atoms with E-state index in [1.54, 1.807) is 6.20 Å². The van der Waals surface area contributed by atoms with Crippen LogP contribution in [0.3, 0.4) is 0 Å². The predicted molar refractivity (Wildman–Crippen MR) is 95.5 cm³/mol. The molecule has 0 fully saturated rings. The van der Waals surface area contributed by atoms with Crippen molar-refractivity contribution in [3.05, 3.63) is 36.5 Å². The maximum Gasteiger partial charge on any atom is 0.229 e. The molecule has 0 spiro atoms. The van der Waals surface area contributed by atoms with Gasteiger partial charge >= 0.3 is 0 Å². The van der Waals surface area contributed by atoms with Crippen LogP contribution in [-0.4, -0.2) is 22.6 Å². The first-order chi connectivity index (χ1) is 11.0. The van der Waals surface area contributed by atoms with Crippen molar-refractivity contribution < 1.29 is 4.74 Å². The van der Waals surface area contributed by atoms with E-state index in [0.717, 1.165) is 30.2 Å². The summed E-state index contributed by atoms with van der Waals surface area (Å²) in [6, 6.07) is 9.67. The molecule has 0 saturated heterocycles. The highest BCUT2D eigenvalue weighted by atomic mass is 16.5. The minimum Gasteiger partial charge on any atom is -0.491 e. The van der Waals surface area contributed by atoms with Crippen LogP contribution in [-0.2, 0) is 0 Å². The number of nitrogens with one attached hydrogen (secondary N) is 2. The van der Waals surface area contributed by atoms with E-state index in [4.69, 9.17) is 4.74 Å². The first-order valence-corrected chi connectivity index (χ1v) is 8.13. The number of rotatable bonds is 8. The number of anilines is 3. The third-order valence-electron chi connectivity index (χ3n) is 3.17. The topological polar surface area (TPSA) is 59.1 Å². The van der Waals surface area contributed by atoms with Crippen LogP contribution >= 0.6 is 0 Å². The van der Waals surface area contributed by atoms with Gasteiger partial charge in [-0.15, -0.1) is 0 Å². The monoisotopic (exact) mass is 314 g/mol. The third-order valence-corrected chi connectivity index (χ3v) is 3.17. The Morgan fingerprint density at radius 1 is 1.04 bits per heavy atom. The van der Waals surface area contributed by atoms with Gasteiger partial charge in [-0.3, -0.25) is 0 Å². The summed E-state index contributed by atoms with van der Waals surface area (Å²) in [5.41, 5.74) is 0.931. The van der Waals surface area contributed by atoms with Gasteiger partial charge in [-0.05, 0) is 56.5 Å². The zero-order valence-electron chi connectivity index (χ0n) is 14.3. The second-order valence-electron chi connectivity index (χ2n) is 6.19. The first-order valence-electron chi connectivity index (χ1n) is 8.13. The van der Waals surface area contributed by atoms with Crippen LogP contribution in [0.25, 0.3) is 0 Å². The second-order valence-corrected chi connectivity index (χ2v) is 6.19. The summed E-state index contributed by atoms with van der Waals surface area (Å²) >= 11 is 0. The van der Waals surface area contributed by atoms with Crippen LogP contribution < -0.4 is 15.4 Å². The summed E-state index contributed by atoms with van der Waals surface area (Å²) < 4.78 is 5.63. The van der Waals surface area contributed by atoms with Crippen LogP contribution in [0.4, 0.5) is 17.5 Å². The molecule has 0 radical (unpaired) electrons. The molecule has 0 aliphatic rings. The summed E-state index contributed by atoms with van der Waals surface area (Å²) in [5, 5.41) is 6.53. The van der Waals surface area contributed by atoms with E-state index in [-0.39, 0.29) is 6.10 Å². The average molecular weight is 314 g/mol. The maximum atomic E-state index is 5.63. The lowest BCUT2D eigenvalue weighted by Gasteiger charge is -2.11. The van der Waals surface area contributed by atoms with Gasteiger partial charge in [-0.25, -0.2) is 4.98 Å². The fourth-order valence-electron chi connectivity index (χ4n) is 2.02. The Bertz CT molecular complexity index is 596. The van der Waals surface area contributed by atoms with Gasteiger partial charge < -0.3 is 15.4 Å². The molecule has 1 aromatic heterocycles. The molecule has 124 valence electrons. The highest BCUT2D eigenvalue weighted by Crippen LogP contribution is 2.19. The fourth-order valence-corrected chi connectivity index (χ4v) is 2.02. The molecular weight excluding hydrogens is 288 g/mol. The van der Waals surface area contributed by atoms with Crippen molar-refractivity contribution in [2.45, 2.75) is 40.2 Å². The quantitative estimate of drug-likeness (QED) is 0.753. The van der Waals surface area contributed by atoms with Crippen molar-refractivity contribution >= 4 is 17.5 Å². The Kier molecular flexibility index (Phi) is 6.20. The number of ether oxygens (including phenoxy) is 1. The highest BCUT2D eigenvalue weighted by Gasteiger charge is 2.02. The lowest BCUT2D eigenvalue weighted by molar-refractivity contribution is 0.242. The Labute approximate surface area is 138 Å². The molecule has 1 aromatic carbocycles. The zero-order chi connectivity index (χ0) is 16.7. The van der Waals surface area contributed by atoms with Gasteiger partial charge in [-0.2, -0.15) is 4.98 Å². The number of hydrogen-bond donors (Lipinski definition) is 2. The summed E-state index contributed by atoms with van der Waals surface area (Å²) in [6.07, 6.45) is 3.04.